The zero-order valence-corrected chi connectivity index (χ0v) is 15.3. The van der Waals surface area contributed by atoms with Crippen LogP contribution in [0.25, 0.3) is 6.08 Å². The van der Waals surface area contributed by atoms with Crippen LogP contribution in [0, 0.1) is 27.3 Å². The Balaban J connectivity index is 2.62. The molecule has 0 aliphatic carbocycles. The van der Waals surface area contributed by atoms with Gasteiger partial charge in [0.1, 0.15) is 0 Å². The first-order valence-electron chi connectivity index (χ1n) is 8.30. The summed E-state index contributed by atoms with van der Waals surface area (Å²) < 4.78 is 19.0. The first-order valence-corrected chi connectivity index (χ1v) is 8.30. The van der Waals surface area contributed by atoms with E-state index in [0.717, 1.165) is 26.0 Å². The highest BCUT2D eigenvalue weighted by Gasteiger charge is 2.36. The summed E-state index contributed by atoms with van der Waals surface area (Å²) in [6.45, 7) is 6.37. The van der Waals surface area contributed by atoms with Crippen molar-refractivity contribution in [3.05, 3.63) is 39.3 Å². The number of nitro groups is 1. The number of ether oxygens (including phenoxy) is 1. The summed E-state index contributed by atoms with van der Waals surface area (Å²) in [6, 6.07) is 2.32. The molecular formula is C18H23FN2O5. The molecule has 26 heavy (non-hydrogen) atoms. The molecule has 1 N–H and O–H groups in total. The third-order valence-electron chi connectivity index (χ3n) is 4.58. The van der Waals surface area contributed by atoms with E-state index < -0.39 is 28.3 Å². The Morgan fingerprint density at radius 2 is 2.12 bits per heavy atom. The predicted octanol–water partition coefficient (Wildman–Crippen LogP) is 4.52. The maximum Gasteiger partial charge on any atom is 0.411 e. The fourth-order valence-corrected chi connectivity index (χ4v) is 3.37. The number of likely N-dealkylation sites (tertiary alicyclic amines) is 1. The van der Waals surface area contributed by atoms with E-state index in [1.165, 1.54) is 17.0 Å². The minimum atomic E-state index is -1.09. The molecule has 1 unspecified atom stereocenters. The largest absolute Gasteiger partial charge is 0.488 e. The number of nitro benzene ring substituents is 1. The van der Waals surface area contributed by atoms with Gasteiger partial charge in [0.25, 0.3) is 0 Å². The molecule has 0 bridgehead atoms. The van der Waals surface area contributed by atoms with E-state index in [1.807, 2.05) is 20.8 Å². The number of benzene rings is 1. The third-order valence-corrected chi connectivity index (χ3v) is 4.58. The normalized spacial score (nSPS) is 19.5. The molecule has 8 heteroatoms. The number of methoxy groups -OCH3 is 1. The number of piperidine rings is 1. The number of halogens is 1. The van der Waals surface area contributed by atoms with Gasteiger partial charge < -0.3 is 9.84 Å². The molecular weight excluding hydrogens is 343 g/mol. The van der Waals surface area contributed by atoms with Crippen LogP contribution >= 0.6 is 0 Å². The second-order valence-corrected chi connectivity index (χ2v) is 7.38. The van der Waals surface area contributed by atoms with Gasteiger partial charge in [-0.3, -0.25) is 15.0 Å². The lowest BCUT2D eigenvalue weighted by molar-refractivity contribution is -0.386. The highest BCUT2D eigenvalue weighted by Crippen LogP contribution is 2.41. The van der Waals surface area contributed by atoms with Crippen molar-refractivity contribution in [1.82, 2.24) is 4.90 Å². The minimum absolute atomic E-state index is 0.0726. The summed E-state index contributed by atoms with van der Waals surface area (Å²) in [7, 11) is 1.16. The van der Waals surface area contributed by atoms with Crippen LogP contribution in [0.5, 0.6) is 5.75 Å². The molecule has 1 aliphatic heterocycles. The van der Waals surface area contributed by atoms with Crippen molar-refractivity contribution in [3.63, 3.8) is 0 Å². The quantitative estimate of drug-likeness (QED) is 0.627. The lowest BCUT2D eigenvalue weighted by atomic mass is 9.73. The van der Waals surface area contributed by atoms with E-state index in [4.69, 9.17) is 4.74 Å². The van der Waals surface area contributed by atoms with Crippen molar-refractivity contribution in [2.24, 2.45) is 11.3 Å². The smallest absolute Gasteiger partial charge is 0.411 e. The molecule has 1 aromatic rings. The van der Waals surface area contributed by atoms with Crippen molar-refractivity contribution in [1.29, 1.82) is 0 Å². The van der Waals surface area contributed by atoms with Gasteiger partial charge in [0, 0.05) is 24.2 Å². The molecule has 2 rings (SSSR count). The monoisotopic (exact) mass is 366 g/mol. The van der Waals surface area contributed by atoms with Crippen molar-refractivity contribution in [2.45, 2.75) is 33.6 Å². The van der Waals surface area contributed by atoms with E-state index >= 15 is 0 Å². The first-order chi connectivity index (χ1) is 12.1. The van der Waals surface area contributed by atoms with E-state index in [2.05, 4.69) is 0 Å². The van der Waals surface area contributed by atoms with Crippen LogP contribution in [0.4, 0.5) is 14.9 Å². The molecule has 0 spiro atoms. The summed E-state index contributed by atoms with van der Waals surface area (Å²) in [4.78, 5) is 23.4. The molecule has 142 valence electrons. The molecule has 7 nitrogen and oxygen atoms in total. The first kappa shape index (κ1) is 19.7. The number of carboxylic acid groups (broad SMARTS) is 1. The Labute approximate surface area is 151 Å². The molecule has 0 saturated carbocycles. The van der Waals surface area contributed by atoms with E-state index in [1.54, 1.807) is 0 Å². The van der Waals surface area contributed by atoms with E-state index in [0.29, 0.717) is 12.2 Å². The van der Waals surface area contributed by atoms with Gasteiger partial charge in [0.15, 0.2) is 5.82 Å². The topological polar surface area (TPSA) is 92.9 Å². The third kappa shape index (κ3) is 3.95. The summed E-state index contributed by atoms with van der Waals surface area (Å²) >= 11 is 0. The number of nitrogens with zero attached hydrogens (tertiary/aromatic N) is 2. The average Bonchev–Trinajstić information content (AvgIpc) is 2.53. The predicted molar refractivity (Wildman–Crippen MR) is 94.5 cm³/mol. The van der Waals surface area contributed by atoms with Gasteiger partial charge in [-0.05, 0) is 36.0 Å². The van der Waals surface area contributed by atoms with Crippen LogP contribution in [-0.4, -0.2) is 34.7 Å². The molecule has 1 amide bonds. The number of carbonyl (C=O) groups is 1. The Kier molecular flexibility index (Phi) is 5.53. The van der Waals surface area contributed by atoms with E-state index in [9.17, 15) is 24.4 Å². The average molecular weight is 366 g/mol. The second kappa shape index (κ2) is 7.31. The molecule has 1 aromatic carbocycles. The lowest BCUT2D eigenvalue weighted by Crippen LogP contribution is -2.41. The number of hydrogen-bond acceptors (Lipinski definition) is 4. The summed E-state index contributed by atoms with van der Waals surface area (Å²) in [5.74, 6) is -1.38. The zero-order valence-electron chi connectivity index (χ0n) is 15.3. The second-order valence-electron chi connectivity index (χ2n) is 7.38. The van der Waals surface area contributed by atoms with Gasteiger partial charge in [0.2, 0.25) is 5.75 Å². The number of rotatable bonds is 3. The lowest BCUT2D eigenvalue weighted by Gasteiger charge is -2.41. The molecule has 1 atom stereocenters. The summed E-state index contributed by atoms with van der Waals surface area (Å²) in [5.41, 5.74) is 0.0449. The van der Waals surface area contributed by atoms with Gasteiger partial charge in [-0.1, -0.05) is 20.8 Å². The molecule has 1 heterocycles. The van der Waals surface area contributed by atoms with Gasteiger partial charge in [-0.2, -0.15) is 0 Å². The number of allylic oxidation sites excluding steroid dienone is 1. The summed E-state index contributed by atoms with van der Waals surface area (Å²) in [5, 5.41) is 20.7. The van der Waals surface area contributed by atoms with Crippen molar-refractivity contribution in [2.75, 3.05) is 13.7 Å². The van der Waals surface area contributed by atoms with Crippen molar-refractivity contribution in [3.8, 4) is 5.75 Å². The molecule has 1 fully saturated rings. The highest BCUT2D eigenvalue weighted by atomic mass is 19.1. The Morgan fingerprint density at radius 3 is 2.62 bits per heavy atom. The molecule has 0 aromatic heterocycles. The van der Waals surface area contributed by atoms with E-state index in [-0.39, 0.29) is 16.9 Å². The minimum Gasteiger partial charge on any atom is -0.488 e. The van der Waals surface area contributed by atoms with Gasteiger partial charge in [0.05, 0.1) is 12.0 Å². The molecule has 1 aliphatic rings. The number of amides is 1. The Bertz CT molecular complexity index is 755. The fourth-order valence-electron chi connectivity index (χ4n) is 3.37. The standard InChI is InChI=1S/C18H23FN2O5/c1-18(2,3)12-6-5-7-20(17(22)23)14(12)9-11-8-13(19)16(26-4)15(10-11)21(24)25/h8-10,12H,5-7H2,1-4H3,(H,22,23). The van der Waals surface area contributed by atoms with Crippen molar-refractivity contribution < 1.29 is 24.0 Å². The fraction of sp³-hybridized carbons (Fsp3) is 0.500. The zero-order chi connectivity index (χ0) is 19.6. The van der Waals surface area contributed by atoms with Crippen molar-refractivity contribution >= 4 is 17.9 Å². The van der Waals surface area contributed by atoms with Crippen LogP contribution < -0.4 is 4.74 Å². The van der Waals surface area contributed by atoms with Crippen LogP contribution in [-0.2, 0) is 0 Å². The highest BCUT2D eigenvalue weighted by molar-refractivity contribution is 5.71. The summed E-state index contributed by atoms with van der Waals surface area (Å²) in [6.07, 6.45) is 1.95. The maximum absolute atomic E-state index is 14.2. The van der Waals surface area contributed by atoms with Crippen LogP contribution in [0.15, 0.2) is 17.8 Å². The maximum atomic E-state index is 14.2. The molecule has 1 saturated heterocycles. The van der Waals surface area contributed by atoms with Crippen LogP contribution in [0.2, 0.25) is 0 Å². The van der Waals surface area contributed by atoms with Gasteiger partial charge in [-0.25, -0.2) is 9.18 Å². The number of hydrogen-bond donors (Lipinski definition) is 1. The van der Waals surface area contributed by atoms with Crippen LogP contribution in [0.1, 0.15) is 39.2 Å². The Hall–Kier alpha value is -2.64. The van der Waals surface area contributed by atoms with Gasteiger partial charge >= 0.3 is 11.8 Å². The SMILES string of the molecule is COc1c(F)cc(C=C2C(C(C)(C)C)CCCN2C(=O)O)cc1[N+](=O)[O-]. The van der Waals surface area contributed by atoms with Gasteiger partial charge in [-0.15, -0.1) is 0 Å². The van der Waals surface area contributed by atoms with Crippen LogP contribution in [0.3, 0.4) is 0 Å². The molecule has 0 radical (unpaired) electrons. The Morgan fingerprint density at radius 1 is 1.46 bits per heavy atom.